The second kappa shape index (κ2) is 10.4. The third-order valence-corrected chi connectivity index (χ3v) is 5.17. The normalized spacial score (nSPS) is 10.6. The fourth-order valence-corrected chi connectivity index (χ4v) is 3.54. The average Bonchev–Trinajstić information content (AvgIpc) is 3.25. The fourth-order valence-electron chi connectivity index (χ4n) is 3.54. The van der Waals surface area contributed by atoms with Crippen LogP contribution in [0.4, 0.5) is 4.39 Å². The molecule has 170 valence electrons. The standard InChI is InChI=1S/C26H22FN5O2/c1-2-12-28-24(33)11-13-29-26(34)21-15-23(19-8-4-3-5-9-19)31-25-22(21)16-30-32(25)17-18-7-6-10-20(27)14-18/h1,3-10,14-16H,11-13,17H2,(H,28,33)(H,29,34). The summed E-state index contributed by atoms with van der Waals surface area (Å²) >= 11 is 0. The van der Waals surface area contributed by atoms with E-state index in [1.807, 2.05) is 30.3 Å². The number of nitrogens with zero attached hydrogens (tertiary/aromatic N) is 3. The molecule has 34 heavy (non-hydrogen) atoms. The molecule has 2 aromatic heterocycles. The largest absolute Gasteiger partial charge is 0.351 e. The van der Waals surface area contributed by atoms with Crippen LogP contribution in [0.1, 0.15) is 22.3 Å². The Balaban J connectivity index is 1.66. The quantitative estimate of drug-likeness (QED) is 0.400. The number of terminal acetylenes is 1. The highest BCUT2D eigenvalue weighted by molar-refractivity contribution is 6.06. The van der Waals surface area contributed by atoms with E-state index in [9.17, 15) is 14.0 Å². The lowest BCUT2D eigenvalue weighted by Crippen LogP contribution is -2.31. The van der Waals surface area contributed by atoms with E-state index in [0.717, 1.165) is 11.1 Å². The topological polar surface area (TPSA) is 88.9 Å². The van der Waals surface area contributed by atoms with Gasteiger partial charge in [0.2, 0.25) is 5.91 Å². The van der Waals surface area contributed by atoms with Crippen LogP contribution >= 0.6 is 0 Å². The van der Waals surface area contributed by atoms with E-state index in [1.54, 1.807) is 29.1 Å². The Kier molecular flexibility index (Phi) is 6.94. The Bertz CT molecular complexity index is 1380. The van der Waals surface area contributed by atoms with E-state index in [1.165, 1.54) is 12.1 Å². The number of benzene rings is 2. The van der Waals surface area contributed by atoms with Gasteiger partial charge in [-0.3, -0.25) is 9.59 Å². The molecule has 2 amide bonds. The van der Waals surface area contributed by atoms with Gasteiger partial charge in [0.05, 0.1) is 35.9 Å². The minimum absolute atomic E-state index is 0.103. The zero-order valence-corrected chi connectivity index (χ0v) is 18.3. The van der Waals surface area contributed by atoms with E-state index >= 15 is 0 Å². The molecule has 0 unspecified atom stereocenters. The zero-order chi connectivity index (χ0) is 23.9. The molecule has 0 fully saturated rings. The number of aromatic nitrogens is 3. The molecule has 0 atom stereocenters. The highest BCUT2D eigenvalue weighted by Crippen LogP contribution is 2.25. The van der Waals surface area contributed by atoms with E-state index in [0.29, 0.717) is 28.8 Å². The summed E-state index contributed by atoms with van der Waals surface area (Å²) in [4.78, 5) is 29.6. The summed E-state index contributed by atoms with van der Waals surface area (Å²) in [5, 5.41) is 10.3. The SMILES string of the molecule is C#CCNC(=O)CCNC(=O)c1cc(-c2ccccc2)nc2c1cnn2Cc1cccc(F)c1. The minimum Gasteiger partial charge on any atom is -0.351 e. The first-order valence-electron chi connectivity index (χ1n) is 10.7. The maximum atomic E-state index is 13.7. The Hall–Kier alpha value is -4.51. The third kappa shape index (κ3) is 5.27. The van der Waals surface area contributed by atoms with Crippen molar-refractivity contribution in [3.63, 3.8) is 0 Å². The predicted octanol–water partition coefficient (Wildman–Crippen LogP) is 3.16. The van der Waals surface area contributed by atoms with Crippen molar-refractivity contribution in [3.8, 4) is 23.6 Å². The molecule has 0 spiro atoms. The van der Waals surface area contributed by atoms with Crippen molar-refractivity contribution in [2.45, 2.75) is 13.0 Å². The molecule has 0 aliphatic rings. The number of rotatable bonds is 8. The molecule has 2 heterocycles. The van der Waals surface area contributed by atoms with Crippen molar-refractivity contribution >= 4 is 22.8 Å². The Morgan fingerprint density at radius 2 is 1.88 bits per heavy atom. The maximum Gasteiger partial charge on any atom is 0.252 e. The van der Waals surface area contributed by atoms with Gasteiger partial charge in [-0.05, 0) is 23.8 Å². The number of hydrogen-bond acceptors (Lipinski definition) is 4. The van der Waals surface area contributed by atoms with Crippen molar-refractivity contribution < 1.29 is 14.0 Å². The second-order valence-corrected chi connectivity index (χ2v) is 7.58. The highest BCUT2D eigenvalue weighted by Gasteiger charge is 2.18. The fraction of sp³-hybridized carbons (Fsp3) is 0.154. The molecule has 0 saturated carbocycles. The van der Waals surface area contributed by atoms with Crippen molar-refractivity contribution in [1.82, 2.24) is 25.4 Å². The Labute approximate surface area is 196 Å². The lowest BCUT2D eigenvalue weighted by atomic mass is 10.1. The van der Waals surface area contributed by atoms with Crippen LogP contribution in [-0.2, 0) is 11.3 Å². The van der Waals surface area contributed by atoms with Crippen molar-refractivity contribution in [2.24, 2.45) is 0 Å². The van der Waals surface area contributed by atoms with Crippen LogP contribution in [0.3, 0.4) is 0 Å². The van der Waals surface area contributed by atoms with E-state index in [2.05, 4.69) is 21.7 Å². The third-order valence-electron chi connectivity index (χ3n) is 5.17. The molecule has 0 aliphatic carbocycles. The minimum atomic E-state index is -0.348. The number of fused-ring (bicyclic) bond motifs is 1. The first kappa shape index (κ1) is 22.7. The Morgan fingerprint density at radius 1 is 1.06 bits per heavy atom. The summed E-state index contributed by atoms with van der Waals surface area (Å²) < 4.78 is 15.3. The van der Waals surface area contributed by atoms with E-state index in [-0.39, 0.29) is 37.1 Å². The summed E-state index contributed by atoms with van der Waals surface area (Å²) in [6.45, 7) is 0.586. The maximum absolute atomic E-state index is 13.7. The predicted molar refractivity (Wildman–Crippen MR) is 127 cm³/mol. The van der Waals surface area contributed by atoms with Crippen LogP contribution in [0.5, 0.6) is 0 Å². The van der Waals surface area contributed by atoms with E-state index < -0.39 is 0 Å². The van der Waals surface area contributed by atoms with Gasteiger partial charge >= 0.3 is 0 Å². The molecular weight excluding hydrogens is 433 g/mol. The zero-order valence-electron chi connectivity index (χ0n) is 18.3. The van der Waals surface area contributed by atoms with Crippen LogP contribution in [0.25, 0.3) is 22.3 Å². The van der Waals surface area contributed by atoms with Crippen molar-refractivity contribution in [1.29, 1.82) is 0 Å². The number of amides is 2. The molecule has 0 bridgehead atoms. The van der Waals surface area contributed by atoms with Gasteiger partial charge in [0.25, 0.3) is 5.91 Å². The summed E-state index contributed by atoms with van der Waals surface area (Å²) in [7, 11) is 0. The molecule has 4 rings (SSSR count). The van der Waals surface area contributed by atoms with Gasteiger partial charge in [-0.1, -0.05) is 48.4 Å². The molecule has 0 aliphatic heterocycles. The summed E-state index contributed by atoms with van der Waals surface area (Å²) in [6.07, 6.45) is 6.81. The first-order chi connectivity index (χ1) is 16.5. The highest BCUT2D eigenvalue weighted by atomic mass is 19.1. The molecule has 7 nitrogen and oxygen atoms in total. The molecular formula is C26H22FN5O2. The van der Waals surface area contributed by atoms with Gasteiger partial charge in [0.15, 0.2) is 5.65 Å². The van der Waals surface area contributed by atoms with Gasteiger partial charge in [-0.25, -0.2) is 14.1 Å². The van der Waals surface area contributed by atoms with Gasteiger partial charge in [-0.15, -0.1) is 6.42 Å². The average molecular weight is 455 g/mol. The molecule has 2 N–H and O–H groups in total. The molecule has 0 saturated heterocycles. The first-order valence-corrected chi connectivity index (χ1v) is 10.7. The number of nitrogens with one attached hydrogen (secondary N) is 2. The number of carbonyl (C=O) groups excluding carboxylic acids is 2. The molecule has 8 heteroatoms. The lowest BCUT2D eigenvalue weighted by molar-refractivity contribution is -0.120. The van der Waals surface area contributed by atoms with Crippen molar-refractivity contribution in [2.75, 3.05) is 13.1 Å². The van der Waals surface area contributed by atoms with Gasteiger partial charge in [-0.2, -0.15) is 5.10 Å². The molecule has 4 aromatic rings. The lowest BCUT2D eigenvalue weighted by Gasteiger charge is -2.10. The Morgan fingerprint density at radius 3 is 2.65 bits per heavy atom. The van der Waals surface area contributed by atoms with Gasteiger partial charge in [0, 0.05) is 18.5 Å². The number of hydrogen-bond donors (Lipinski definition) is 2. The summed E-state index contributed by atoms with van der Waals surface area (Å²) in [5.41, 5.74) is 3.05. The van der Waals surface area contributed by atoms with Crippen LogP contribution < -0.4 is 10.6 Å². The summed E-state index contributed by atoms with van der Waals surface area (Å²) in [6, 6.07) is 17.4. The van der Waals surface area contributed by atoms with Crippen molar-refractivity contribution in [3.05, 3.63) is 83.8 Å². The van der Waals surface area contributed by atoms with Gasteiger partial charge < -0.3 is 10.6 Å². The number of pyridine rings is 1. The van der Waals surface area contributed by atoms with Crippen LogP contribution in [0.15, 0.2) is 66.9 Å². The number of carbonyl (C=O) groups is 2. The second-order valence-electron chi connectivity index (χ2n) is 7.58. The van der Waals surface area contributed by atoms with Crippen LogP contribution in [-0.4, -0.2) is 39.7 Å². The smallest absolute Gasteiger partial charge is 0.252 e. The van der Waals surface area contributed by atoms with Crippen LogP contribution in [0.2, 0.25) is 0 Å². The summed E-state index contributed by atoms with van der Waals surface area (Å²) in [5.74, 6) is 1.40. The van der Waals surface area contributed by atoms with Crippen LogP contribution in [0, 0.1) is 18.2 Å². The molecule has 0 radical (unpaired) electrons. The van der Waals surface area contributed by atoms with Gasteiger partial charge in [0.1, 0.15) is 5.82 Å². The van der Waals surface area contributed by atoms with E-state index in [4.69, 9.17) is 11.4 Å². The number of halogens is 1. The monoisotopic (exact) mass is 455 g/mol. The molecule has 2 aromatic carbocycles.